The summed E-state index contributed by atoms with van der Waals surface area (Å²) in [6.45, 7) is 2.04. The maximum Gasteiger partial charge on any atom is 0.161 e. The molecule has 0 unspecified atom stereocenters. The molecule has 0 bridgehead atoms. The highest BCUT2D eigenvalue weighted by atomic mass is 15.2. The van der Waals surface area contributed by atoms with E-state index in [0.29, 0.717) is 17.3 Å². The van der Waals surface area contributed by atoms with E-state index in [1.165, 1.54) is 11.9 Å². The molecule has 3 N–H and O–H groups in total. The van der Waals surface area contributed by atoms with E-state index in [1.807, 2.05) is 73.5 Å². The predicted molar refractivity (Wildman–Crippen MR) is 95.4 cm³/mol. The molecule has 0 radical (unpaired) electrons. The number of aryl methyl sites for hydroxylation is 1. The summed E-state index contributed by atoms with van der Waals surface area (Å²) in [6, 6.07) is 18.0. The first-order chi connectivity index (χ1) is 11.1. The molecule has 3 aromatic rings. The first-order valence-electron chi connectivity index (χ1n) is 7.38. The van der Waals surface area contributed by atoms with E-state index in [9.17, 15) is 0 Å². The molecule has 3 rings (SSSR count). The third-order valence-corrected chi connectivity index (χ3v) is 3.60. The van der Waals surface area contributed by atoms with E-state index in [0.717, 1.165) is 11.4 Å². The second kappa shape index (κ2) is 6.36. The van der Waals surface area contributed by atoms with Gasteiger partial charge in [0.15, 0.2) is 11.6 Å². The Balaban J connectivity index is 1.92. The number of nitrogens with one attached hydrogen (secondary N) is 1. The summed E-state index contributed by atoms with van der Waals surface area (Å²) in [6.07, 6.45) is 1.52. The molecule has 0 aliphatic heterocycles. The zero-order valence-corrected chi connectivity index (χ0v) is 13.2. The third kappa shape index (κ3) is 3.23. The second-order valence-corrected chi connectivity index (χ2v) is 5.35. The molecular weight excluding hydrogens is 286 g/mol. The van der Waals surface area contributed by atoms with Gasteiger partial charge in [0, 0.05) is 18.4 Å². The average Bonchev–Trinajstić information content (AvgIpc) is 2.57. The molecule has 0 aliphatic carbocycles. The van der Waals surface area contributed by atoms with Gasteiger partial charge >= 0.3 is 0 Å². The van der Waals surface area contributed by atoms with Crippen LogP contribution in [0.4, 0.5) is 28.7 Å². The highest BCUT2D eigenvalue weighted by molar-refractivity contribution is 5.81. The molecule has 0 spiro atoms. The zero-order valence-electron chi connectivity index (χ0n) is 13.2. The molecule has 5 nitrogen and oxygen atoms in total. The average molecular weight is 305 g/mol. The predicted octanol–water partition coefficient (Wildman–Crippen LogP) is 3.88. The SMILES string of the molecule is Cc1cccc(Nc2ncnc(N(C)c3ccccc3)c2N)c1. The van der Waals surface area contributed by atoms with Gasteiger partial charge < -0.3 is 16.0 Å². The Kier molecular flexibility index (Phi) is 4.10. The maximum atomic E-state index is 6.28. The Morgan fingerprint density at radius 1 is 1.00 bits per heavy atom. The number of nitrogens with zero attached hydrogens (tertiary/aromatic N) is 3. The van der Waals surface area contributed by atoms with Crippen LogP contribution in [0.5, 0.6) is 0 Å². The number of hydrogen-bond acceptors (Lipinski definition) is 5. The minimum atomic E-state index is 0.514. The van der Waals surface area contributed by atoms with Crippen LogP contribution in [-0.4, -0.2) is 17.0 Å². The van der Waals surface area contributed by atoms with Gasteiger partial charge in [-0.15, -0.1) is 0 Å². The molecule has 0 amide bonds. The van der Waals surface area contributed by atoms with Crippen LogP contribution in [0.15, 0.2) is 60.9 Å². The van der Waals surface area contributed by atoms with Gasteiger partial charge in [0.1, 0.15) is 12.0 Å². The molecule has 1 heterocycles. The molecule has 2 aromatic carbocycles. The minimum Gasteiger partial charge on any atom is -0.393 e. The number of aromatic nitrogens is 2. The highest BCUT2D eigenvalue weighted by Gasteiger charge is 2.13. The van der Waals surface area contributed by atoms with Crippen LogP contribution in [0.1, 0.15) is 5.56 Å². The third-order valence-electron chi connectivity index (χ3n) is 3.60. The first kappa shape index (κ1) is 14.8. The van der Waals surface area contributed by atoms with Crippen LogP contribution < -0.4 is 16.0 Å². The van der Waals surface area contributed by atoms with Crippen molar-refractivity contribution in [3.05, 3.63) is 66.5 Å². The van der Waals surface area contributed by atoms with Crippen LogP contribution in [0.3, 0.4) is 0 Å². The van der Waals surface area contributed by atoms with Crippen LogP contribution >= 0.6 is 0 Å². The number of nitrogens with two attached hydrogens (primary N) is 1. The lowest BCUT2D eigenvalue weighted by Gasteiger charge is -2.21. The summed E-state index contributed by atoms with van der Waals surface area (Å²) >= 11 is 0. The lowest BCUT2D eigenvalue weighted by atomic mass is 10.2. The Labute approximate surface area is 135 Å². The normalized spacial score (nSPS) is 10.3. The van der Waals surface area contributed by atoms with Gasteiger partial charge in [-0.05, 0) is 36.8 Å². The number of benzene rings is 2. The summed E-state index contributed by atoms with van der Waals surface area (Å²) < 4.78 is 0. The second-order valence-electron chi connectivity index (χ2n) is 5.35. The van der Waals surface area contributed by atoms with Gasteiger partial charge in [0.25, 0.3) is 0 Å². The maximum absolute atomic E-state index is 6.28. The summed E-state index contributed by atoms with van der Waals surface area (Å²) in [5, 5.41) is 3.26. The van der Waals surface area contributed by atoms with Crippen molar-refractivity contribution in [2.24, 2.45) is 0 Å². The Bertz CT molecular complexity index is 802. The fourth-order valence-corrected chi connectivity index (χ4v) is 2.39. The Morgan fingerprint density at radius 3 is 2.52 bits per heavy atom. The van der Waals surface area contributed by atoms with Gasteiger partial charge in [0.05, 0.1) is 0 Å². The molecule has 0 saturated carbocycles. The van der Waals surface area contributed by atoms with Crippen molar-refractivity contribution >= 4 is 28.7 Å². The zero-order chi connectivity index (χ0) is 16.2. The first-order valence-corrected chi connectivity index (χ1v) is 7.38. The van der Waals surface area contributed by atoms with Crippen molar-refractivity contribution in [2.45, 2.75) is 6.92 Å². The minimum absolute atomic E-state index is 0.514. The van der Waals surface area contributed by atoms with Crippen molar-refractivity contribution in [3.8, 4) is 0 Å². The van der Waals surface area contributed by atoms with E-state index in [2.05, 4.69) is 15.3 Å². The van der Waals surface area contributed by atoms with Gasteiger partial charge in [-0.1, -0.05) is 30.3 Å². The lowest BCUT2D eigenvalue weighted by molar-refractivity contribution is 1.09. The standard InChI is InChI=1S/C18H19N5/c1-13-7-6-8-14(11-13)22-17-16(19)18(21-12-20-17)23(2)15-9-4-3-5-10-15/h3-12H,19H2,1-2H3,(H,20,21,22). The van der Waals surface area contributed by atoms with Gasteiger partial charge in [0.2, 0.25) is 0 Å². The molecule has 0 atom stereocenters. The van der Waals surface area contributed by atoms with Crippen LogP contribution in [0.25, 0.3) is 0 Å². The summed E-state index contributed by atoms with van der Waals surface area (Å²) in [4.78, 5) is 10.5. The topological polar surface area (TPSA) is 67.1 Å². The van der Waals surface area contributed by atoms with E-state index < -0.39 is 0 Å². The number of rotatable bonds is 4. The smallest absolute Gasteiger partial charge is 0.161 e. The number of hydrogen-bond donors (Lipinski definition) is 2. The fraction of sp³-hybridized carbons (Fsp3) is 0.111. The van der Waals surface area contributed by atoms with E-state index >= 15 is 0 Å². The molecule has 0 saturated heterocycles. The quantitative estimate of drug-likeness (QED) is 0.765. The summed E-state index contributed by atoms with van der Waals surface area (Å²) in [5.41, 5.74) is 9.92. The van der Waals surface area contributed by atoms with Crippen molar-refractivity contribution < 1.29 is 0 Å². The number of para-hydroxylation sites is 1. The van der Waals surface area contributed by atoms with Gasteiger partial charge in [-0.3, -0.25) is 0 Å². The molecule has 1 aromatic heterocycles. The van der Waals surface area contributed by atoms with E-state index in [-0.39, 0.29) is 0 Å². The molecule has 116 valence electrons. The van der Waals surface area contributed by atoms with Crippen molar-refractivity contribution in [1.29, 1.82) is 0 Å². The van der Waals surface area contributed by atoms with E-state index in [1.54, 1.807) is 0 Å². The van der Waals surface area contributed by atoms with Crippen molar-refractivity contribution in [3.63, 3.8) is 0 Å². The lowest BCUT2D eigenvalue weighted by Crippen LogP contribution is -2.15. The van der Waals surface area contributed by atoms with Crippen LogP contribution in [-0.2, 0) is 0 Å². The largest absolute Gasteiger partial charge is 0.393 e. The molecular formula is C18H19N5. The number of anilines is 5. The molecule has 0 fully saturated rings. The molecule has 23 heavy (non-hydrogen) atoms. The van der Waals surface area contributed by atoms with E-state index in [4.69, 9.17) is 5.73 Å². The molecule has 0 aliphatic rings. The Morgan fingerprint density at radius 2 is 1.78 bits per heavy atom. The van der Waals surface area contributed by atoms with Gasteiger partial charge in [-0.25, -0.2) is 9.97 Å². The van der Waals surface area contributed by atoms with Crippen LogP contribution in [0, 0.1) is 6.92 Å². The van der Waals surface area contributed by atoms with Gasteiger partial charge in [-0.2, -0.15) is 0 Å². The summed E-state index contributed by atoms with van der Waals surface area (Å²) in [5.74, 6) is 1.27. The highest BCUT2D eigenvalue weighted by Crippen LogP contribution is 2.31. The molecule has 5 heteroatoms. The summed E-state index contributed by atoms with van der Waals surface area (Å²) in [7, 11) is 1.93. The fourth-order valence-electron chi connectivity index (χ4n) is 2.39. The van der Waals surface area contributed by atoms with Crippen LogP contribution in [0.2, 0.25) is 0 Å². The van der Waals surface area contributed by atoms with Crippen molar-refractivity contribution in [2.75, 3.05) is 23.0 Å². The van der Waals surface area contributed by atoms with Crippen molar-refractivity contribution in [1.82, 2.24) is 9.97 Å². The monoisotopic (exact) mass is 305 g/mol. The Hall–Kier alpha value is -3.08. The number of nitrogen functional groups attached to an aromatic ring is 1.